The second-order valence-corrected chi connectivity index (χ2v) is 6.40. The Morgan fingerprint density at radius 2 is 1.64 bits per heavy atom. The molecule has 0 radical (unpaired) electrons. The van der Waals surface area contributed by atoms with Crippen LogP contribution < -0.4 is 5.32 Å². The lowest BCUT2D eigenvalue weighted by Gasteiger charge is -2.32. The molecular formula is C18H19ClN4O2. The number of benzene rings is 1. The van der Waals surface area contributed by atoms with Crippen LogP contribution in [-0.4, -0.2) is 59.8 Å². The van der Waals surface area contributed by atoms with E-state index in [0.717, 1.165) is 13.1 Å². The summed E-state index contributed by atoms with van der Waals surface area (Å²) in [4.78, 5) is 33.1. The van der Waals surface area contributed by atoms with E-state index in [2.05, 4.69) is 15.2 Å². The number of amides is 2. The number of rotatable bonds is 3. The minimum Gasteiger partial charge on any atom is -0.335 e. The number of pyridine rings is 1. The van der Waals surface area contributed by atoms with Gasteiger partial charge in [-0.2, -0.15) is 0 Å². The molecule has 0 unspecified atom stereocenters. The van der Waals surface area contributed by atoms with Crippen molar-refractivity contribution in [1.82, 2.24) is 14.8 Å². The minimum atomic E-state index is -0.365. The van der Waals surface area contributed by atoms with E-state index in [1.807, 2.05) is 7.05 Å². The molecule has 0 aliphatic carbocycles. The fraction of sp³-hybridized carbons (Fsp3) is 0.278. The molecule has 0 atom stereocenters. The van der Waals surface area contributed by atoms with Crippen LogP contribution in [0.3, 0.4) is 0 Å². The predicted molar refractivity (Wildman–Crippen MR) is 97.0 cm³/mol. The van der Waals surface area contributed by atoms with E-state index in [1.165, 1.54) is 0 Å². The van der Waals surface area contributed by atoms with Gasteiger partial charge in [-0.1, -0.05) is 17.7 Å². The highest BCUT2D eigenvalue weighted by atomic mass is 35.5. The lowest BCUT2D eigenvalue weighted by atomic mass is 10.2. The van der Waals surface area contributed by atoms with E-state index in [9.17, 15) is 9.59 Å². The molecule has 6 nitrogen and oxygen atoms in total. The first kappa shape index (κ1) is 17.4. The Morgan fingerprint density at radius 3 is 2.32 bits per heavy atom. The molecule has 1 N–H and O–H groups in total. The number of piperazine rings is 1. The van der Waals surface area contributed by atoms with Crippen LogP contribution in [0.4, 0.5) is 5.69 Å². The fourth-order valence-corrected chi connectivity index (χ4v) is 2.71. The smallest absolute Gasteiger partial charge is 0.274 e. The third-order valence-corrected chi connectivity index (χ3v) is 4.35. The predicted octanol–water partition coefficient (Wildman–Crippen LogP) is 2.37. The quantitative estimate of drug-likeness (QED) is 0.914. The van der Waals surface area contributed by atoms with E-state index in [0.29, 0.717) is 23.8 Å². The van der Waals surface area contributed by atoms with Crippen molar-refractivity contribution in [1.29, 1.82) is 0 Å². The zero-order valence-corrected chi connectivity index (χ0v) is 14.7. The highest BCUT2D eigenvalue weighted by molar-refractivity contribution is 6.30. The van der Waals surface area contributed by atoms with Crippen LogP contribution in [0.5, 0.6) is 0 Å². The molecule has 1 aromatic carbocycles. The lowest BCUT2D eigenvalue weighted by Crippen LogP contribution is -2.47. The van der Waals surface area contributed by atoms with Crippen molar-refractivity contribution < 1.29 is 9.59 Å². The summed E-state index contributed by atoms with van der Waals surface area (Å²) in [6.45, 7) is 3.00. The molecule has 130 valence electrons. The van der Waals surface area contributed by atoms with Gasteiger partial charge in [0.1, 0.15) is 11.4 Å². The van der Waals surface area contributed by atoms with Gasteiger partial charge in [-0.15, -0.1) is 0 Å². The van der Waals surface area contributed by atoms with E-state index in [4.69, 9.17) is 11.6 Å². The number of hydrogen-bond acceptors (Lipinski definition) is 4. The molecule has 25 heavy (non-hydrogen) atoms. The standard InChI is InChI=1S/C18H19ClN4O2/c1-22-9-11-23(12-10-22)18(25)16-4-2-3-15(21-16)17(24)20-14-7-5-13(19)6-8-14/h2-8H,9-12H2,1H3,(H,20,24). The average molecular weight is 359 g/mol. The molecule has 1 aromatic heterocycles. The Bertz CT molecular complexity index is 771. The number of nitrogens with one attached hydrogen (secondary N) is 1. The fourth-order valence-electron chi connectivity index (χ4n) is 2.58. The van der Waals surface area contributed by atoms with Crippen LogP contribution in [0.2, 0.25) is 5.02 Å². The van der Waals surface area contributed by atoms with Crippen molar-refractivity contribution in [3.05, 3.63) is 58.9 Å². The zero-order valence-electron chi connectivity index (χ0n) is 13.9. The summed E-state index contributed by atoms with van der Waals surface area (Å²) in [5.41, 5.74) is 1.11. The van der Waals surface area contributed by atoms with Crippen molar-refractivity contribution >= 4 is 29.1 Å². The van der Waals surface area contributed by atoms with Crippen LogP contribution in [0.25, 0.3) is 0 Å². The molecule has 2 aromatic rings. The summed E-state index contributed by atoms with van der Waals surface area (Å²) in [7, 11) is 2.03. The third-order valence-electron chi connectivity index (χ3n) is 4.09. The highest BCUT2D eigenvalue weighted by Gasteiger charge is 2.22. The molecule has 1 aliphatic rings. The zero-order chi connectivity index (χ0) is 17.8. The number of likely N-dealkylation sites (N-methyl/N-ethyl adjacent to an activating group) is 1. The van der Waals surface area contributed by atoms with Gasteiger partial charge in [-0.3, -0.25) is 9.59 Å². The second-order valence-electron chi connectivity index (χ2n) is 5.96. The summed E-state index contributed by atoms with van der Waals surface area (Å²) >= 11 is 5.83. The number of carbonyl (C=O) groups excluding carboxylic acids is 2. The van der Waals surface area contributed by atoms with Gasteiger partial charge >= 0.3 is 0 Å². The van der Waals surface area contributed by atoms with Gasteiger partial charge in [0.05, 0.1) is 0 Å². The summed E-state index contributed by atoms with van der Waals surface area (Å²) in [5, 5.41) is 3.34. The Hall–Kier alpha value is -2.44. The van der Waals surface area contributed by atoms with Gasteiger partial charge in [0.15, 0.2) is 0 Å². The average Bonchev–Trinajstić information content (AvgIpc) is 2.64. The Morgan fingerprint density at radius 1 is 1.00 bits per heavy atom. The number of hydrogen-bond donors (Lipinski definition) is 1. The molecule has 1 aliphatic heterocycles. The normalized spacial score (nSPS) is 15.0. The number of anilines is 1. The largest absolute Gasteiger partial charge is 0.335 e. The van der Waals surface area contributed by atoms with Crippen molar-refractivity contribution in [3.8, 4) is 0 Å². The molecule has 0 spiro atoms. The Labute approximate surface area is 151 Å². The van der Waals surface area contributed by atoms with Crippen LogP contribution in [0, 0.1) is 0 Å². The molecule has 2 heterocycles. The Balaban J connectivity index is 1.71. The number of carbonyl (C=O) groups is 2. The van der Waals surface area contributed by atoms with E-state index < -0.39 is 0 Å². The lowest BCUT2D eigenvalue weighted by molar-refractivity contribution is 0.0658. The molecule has 7 heteroatoms. The van der Waals surface area contributed by atoms with Gasteiger partial charge in [-0.05, 0) is 43.4 Å². The molecule has 0 saturated carbocycles. The summed E-state index contributed by atoms with van der Waals surface area (Å²) in [6.07, 6.45) is 0. The van der Waals surface area contributed by atoms with Crippen molar-refractivity contribution in [2.45, 2.75) is 0 Å². The van der Waals surface area contributed by atoms with Gasteiger partial charge in [0.2, 0.25) is 0 Å². The van der Waals surface area contributed by atoms with Gasteiger partial charge < -0.3 is 15.1 Å². The van der Waals surface area contributed by atoms with Gasteiger partial charge in [-0.25, -0.2) is 4.98 Å². The molecule has 0 bridgehead atoms. The summed E-state index contributed by atoms with van der Waals surface area (Å²) in [5.74, 6) is -0.510. The number of nitrogens with zero attached hydrogens (tertiary/aromatic N) is 3. The summed E-state index contributed by atoms with van der Waals surface area (Å²) in [6, 6.07) is 11.7. The van der Waals surface area contributed by atoms with E-state index in [1.54, 1.807) is 47.4 Å². The number of halogens is 1. The van der Waals surface area contributed by atoms with Crippen LogP contribution >= 0.6 is 11.6 Å². The molecular weight excluding hydrogens is 340 g/mol. The third kappa shape index (κ3) is 4.35. The molecule has 1 fully saturated rings. The first-order chi connectivity index (χ1) is 12.0. The highest BCUT2D eigenvalue weighted by Crippen LogP contribution is 2.14. The molecule has 2 amide bonds. The number of aromatic nitrogens is 1. The van der Waals surface area contributed by atoms with Crippen molar-refractivity contribution in [3.63, 3.8) is 0 Å². The van der Waals surface area contributed by atoms with Crippen LogP contribution in [0.1, 0.15) is 21.0 Å². The maximum Gasteiger partial charge on any atom is 0.274 e. The topological polar surface area (TPSA) is 65.5 Å². The second kappa shape index (κ2) is 7.63. The van der Waals surface area contributed by atoms with E-state index in [-0.39, 0.29) is 23.2 Å². The van der Waals surface area contributed by atoms with Crippen LogP contribution in [-0.2, 0) is 0 Å². The van der Waals surface area contributed by atoms with Crippen molar-refractivity contribution in [2.24, 2.45) is 0 Å². The van der Waals surface area contributed by atoms with Crippen LogP contribution in [0.15, 0.2) is 42.5 Å². The first-order valence-corrected chi connectivity index (χ1v) is 8.42. The minimum absolute atomic E-state index is 0.144. The monoisotopic (exact) mass is 358 g/mol. The maximum atomic E-state index is 12.6. The van der Waals surface area contributed by atoms with Gasteiger partial charge in [0.25, 0.3) is 11.8 Å². The van der Waals surface area contributed by atoms with E-state index >= 15 is 0 Å². The Kier molecular flexibility index (Phi) is 5.31. The maximum absolute atomic E-state index is 12.6. The first-order valence-electron chi connectivity index (χ1n) is 8.05. The molecule has 3 rings (SSSR count). The SMILES string of the molecule is CN1CCN(C(=O)c2cccc(C(=O)Nc3ccc(Cl)cc3)n2)CC1. The van der Waals surface area contributed by atoms with Gasteiger partial charge in [0, 0.05) is 36.9 Å². The van der Waals surface area contributed by atoms with Crippen molar-refractivity contribution in [2.75, 3.05) is 38.5 Å². The molecule has 1 saturated heterocycles. The summed E-state index contributed by atoms with van der Waals surface area (Å²) < 4.78 is 0.